The van der Waals surface area contributed by atoms with E-state index >= 15 is 0 Å². The zero-order chi connectivity index (χ0) is 27.9. The third-order valence-corrected chi connectivity index (χ3v) is 7.95. The minimum Gasteiger partial charge on any atom is -0.494 e. The zero-order valence-corrected chi connectivity index (χ0v) is 24.7. The average molecular weight is 537 g/mol. The molecule has 1 unspecified atom stereocenters. The topological polar surface area (TPSA) is 18.5 Å². The first kappa shape index (κ1) is 29.9. The molecule has 0 heterocycles. The molecule has 0 aliphatic heterocycles. The average Bonchev–Trinajstić information content (AvgIpc) is 3.02. The lowest BCUT2D eigenvalue weighted by molar-refractivity contribution is -0.0129. The van der Waals surface area contributed by atoms with E-state index in [0.29, 0.717) is 0 Å². The smallest absolute Gasteiger partial charge is 0.119 e. The van der Waals surface area contributed by atoms with Gasteiger partial charge in [-0.3, -0.25) is 0 Å². The number of allylic oxidation sites excluding steroid dienone is 2. The van der Waals surface area contributed by atoms with Gasteiger partial charge in [0.05, 0.1) is 6.61 Å². The molecule has 0 saturated carbocycles. The number of benzene rings is 3. The molecule has 0 bridgehead atoms. The third-order valence-electron chi connectivity index (χ3n) is 7.95. The van der Waals surface area contributed by atoms with Crippen LogP contribution in [-0.2, 0) is 10.3 Å². The molecule has 0 radical (unpaired) electrons. The summed E-state index contributed by atoms with van der Waals surface area (Å²) in [5.41, 5.74) is 5.73. The first-order valence-corrected chi connectivity index (χ1v) is 15.7. The summed E-state index contributed by atoms with van der Waals surface area (Å²) in [4.78, 5) is 0. The van der Waals surface area contributed by atoms with Gasteiger partial charge in [-0.1, -0.05) is 144 Å². The van der Waals surface area contributed by atoms with E-state index in [1.165, 1.54) is 79.2 Å². The number of rotatable bonds is 17. The van der Waals surface area contributed by atoms with E-state index in [9.17, 15) is 0 Å². The Kier molecular flexibility index (Phi) is 12.1. The lowest BCUT2D eigenvalue weighted by Crippen LogP contribution is -2.29. The highest BCUT2D eigenvalue weighted by molar-refractivity contribution is 5.76. The maximum atomic E-state index is 6.71. The molecule has 3 aromatic carbocycles. The van der Waals surface area contributed by atoms with Crippen molar-refractivity contribution in [1.82, 2.24) is 0 Å². The second-order valence-corrected chi connectivity index (χ2v) is 11.1. The summed E-state index contributed by atoms with van der Waals surface area (Å²) in [5, 5.41) is 0. The molecule has 3 aromatic rings. The van der Waals surface area contributed by atoms with E-state index in [0.717, 1.165) is 38.2 Å². The Morgan fingerprint density at radius 3 is 1.82 bits per heavy atom. The van der Waals surface area contributed by atoms with Crippen LogP contribution in [-0.4, -0.2) is 13.2 Å². The Labute approximate surface area is 243 Å². The van der Waals surface area contributed by atoms with E-state index in [1.807, 2.05) is 0 Å². The monoisotopic (exact) mass is 536 g/mol. The Morgan fingerprint density at radius 1 is 0.600 bits per heavy atom. The second-order valence-electron chi connectivity index (χ2n) is 11.1. The van der Waals surface area contributed by atoms with Gasteiger partial charge in [0.2, 0.25) is 0 Å². The Hall–Kier alpha value is -3.10. The number of ether oxygens (including phenoxy) is 2. The standard InChI is InChI=1S/C38H48O2/c1-3-5-7-9-14-30-39-37-24-20-34(21-25-37)35-26-28-38(29-27-35,40-31-15-10-8-6-4-2)36-22-18-33(19-23-36)32-16-12-11-13-17-32/h11-13,16-28H,3-10,14-15,29-31H2,1-2H3. The van der Waals surface area contributed by atoms with Crippen molar-refractivity contribution in [2.24, 2.45) is 0 Å². The Morgan fingerprint density at radius 2 is 1.20 bits per heavy atom. The van der Waals surface area contributed by atoms with Gasteiger partial charge < -0.3 is 9.47 Å². The first-order chi connectivity index (χ1) is 19.7. The largest absolute Gasteiger partial charge is 0.494 e. The van der Waals surface area contributed by atoms with Crippen LogP contribution in [0, 0.1) is 0 Å². The third kappa shape index (κ3) is 8.70. The quantitative estimate of drug-likeness (QED) is 0.160. The molecule has 0 N–H and O–H groups in total. The number of hydrogen-bond donors (Lipinski definition) is 0. The van der Waals surface area contributed by atoms with E-state index in [2.05, 4.69) is 111 Å². The van der Waals surface area contributed by atoms with Crippen molar-refractivity contribution in [3.05, 3.63) is 108 Å². The van der Waals surface area contributed by atoms with Crippen LogP contribution in [0.3, 0.4) is 0 Å². The summed E-state index contributed by atoms with van der Waals surface area (Å²) >= 11 is 0. The second kappa shape index (κ2) is 16.2. The molecule has 1 atom stereocenters. The van der Waals surface area contributed by atoms with E-state index < -0.39 is 5.60 Å². The molecule has 0 saturated heterocycles. The summed E-state index contributed by atoms with van der Waals surface area (Å²) in [6.45, 7) is 6.09. The highest BCUT2D eigenvalue weighted by Crippen LogP contribution is 2.39. The van der Waals surface area contributed by atoms with Crippen LogP contribution in [0.15, 0.2) is 97.1 Å². The molecule has 2 heteroatoms. The van der Waals surface area contributed by atoms with Crippen LogP contribution >= 0.6 is 0 Å². The van der Waals surface area contributed by atoms with Gasteiger partial charge in [-0.15, -0.1) is 0 Å². The maximum Gasteiger partial charge on any atom is 0.119 e. The van der Waals surface area contributed by atoms with Gasteiger partial charge in [0.1, 0.15) is 11.4 Å². The van der Waals surface area contributed by atoms with E-state index in [4.69, 9.17) is 9.47 Å². The van der Waals surface area contributed by atoms with Crippen LogP contribution in [0.5, 0.6) is 5.75 Å². The van der Waals surface area contributed by atoms with Crippen LogP contribution < -0.4 is 4.74 Å². The molecule has 212 valence electrons. The molecule has 1 aliphatic carbocycles. The van der Waals surface area contributed by atoms with Crippen LogP contribution in [0.2, 0.25) is 0 Å². The van der Waals surface area contributed by atoms with E-state index in [1.54, 1.807) is 0 Å². The predicted molar refractivity (Wildman–Crippen MR) is 171 cm³/mol. The van der Waals surface area contributed by atoms with Gasteiger partial charge in [-0.25, -0.2) is 0 Å². The minimum atomic E-state index is -0.426. The van der Waals surface area contributed by atoms with Crippen molar-refractivity contribution in [2.45, 2.75) is 90.1 Å². The molecule has 1 aliphatic rings. The maximum absolute atomic E-state index is 6.71. The predicted octanol–water partition coefficient (Wildman–Crippen LogP) is 10.9. The van der Waals surface area contributed by atoms with Crippen molar-refractivity contribution in [1.29, 1.82) is 0 Å². The van der Waals surface area contributed by atoms with Crippen molar-refractivity contribution in [3.63, 3.8) is 0 Å². The van der Waals surface area contributed by atoms with Gasteiger partial charge >= 0.3 is 0 Å². The normalized spacial score (nSPS) is 16.6. The van der Waals surface area contributed by atoms with Gasteiger partial charge in [0.25, 0.3) is 0 Å². The molecule has 2 nitrogen and oxygen atoms in total. The summed E-state index contributed by atoms with van der Waals surface area (Å²) in [6, 6.07) is 28.1. The van der Waals surface area contributed by atoms with Crippen molar-refractivity contribution < 1.29 is 9.47 Å². The summed E-state index contributed by atoms with van der Waals surface area (Å²) in [7, 11) is 0. The first-order valence-electron chi connectivity index (χ1n) is 15.7. The summed E-state index contributed by atoms with van der Waals surface area (Å²) < 4.78 is 12.7. The summed E-state index contributed by atoms with van der Waals surface area (Å²) in [6.07, 6.45) is 20.2. The summed E-state index contributed by atoms with van der Waals surface area (Å²) in [5.74, 6) is 0.957. The highest BCUT2D eigenvalue weighted by Gasteiger charge is 2.31. The fourth-order valence-electron chi connectivity index (χ4n) is 5.42. The van der Waals surface area contributed by atoms with Crippen molar-refractivity contribution in [2.75, 3.05) is 13.2 Å². The minimum absolute atomic E-state index is 0.426. The number of unbranched alkanes of at least 4 members (excludes halogenated alkanes) is 8. The van der Waals surface area contributed by atoms with Gasteiger partial charge in [-0.05, 0) is 58.9 Å². The Balaban J connectivity index is 1.41. The Bertz CT molecular complexity index is 1170. The number of hydrogen-bond acceptors (Lipinski definition) is 2. The SMILES string of the molecule is CCCCCCCOc1ccc(C2=CCC(OCCCCCCC)(c3ccc(-c4ccccc4)cc3)C=C2)cc1. The zero-order valence-electron chi connectivity index (χ0n) is 24.7. The van der Waals surface area contributed by atoms with Crippen molar-refractivity contribution >= 4 is 5.57 Å². The fourth-order valence-corrected chi connectivity index (χ4v) is 5.42. The molecule has 40 heavy (non-hydrogen) atoms. The van der Waals surface area contributed by atoms with Gasteiger partial charge in [-0.2, -0.15) is 0 Å². The molecule has 4 rings (SSSR count). The lowest BCUT2D eigenvalue weighted by atomic mass is 9.83. The molecular weight excluding hydrogens is 488 g/mol. The van der Waals surface area contributed by atoms with Crippen LogP contribution in [0.25, 0.3) is 16.7 Å². The van der Waals surface area contributed by atoms with Crippen LogP contribution in [0.1, 0.15) is 95.6 Å². The van der Waals surface area contributed by atoms with Gasteiger partial charge in [0.15, 0.2) is 0 Å². The fraction of sp³-hybridized carbons (Fsp3) is 0.421. The van der Waals surface area contributed by atoms with Crippen molar-refractivity contribution in [3.8, 4) is 16.9 Å². The highest BCUT2D eigenvalue weighted by atomic mass is 16.5. The molecule has 0 aromatic heterocycles. The molecular formula is C38H48O2. The van der Waals surface area contributed by atoms with E-state index in [-0.39, 0.29) is 0 Å². The molecule has 0 fully saturated rings. The van der Waals surface area contributed by atoms with Crippen LogP contribution in [0.4, 0.5) is 0 Å². The molecule has 0 amide bonds. The van der Waals surface area contributed by atoms with Gasteiger partial charge in [0, 0.05) is 13.0 Å². The molecule has 0 spiro atoms. The lowest BCUT2D eigenvalue weighted by Gasteiger charge is -2.33.